The van der Waals surface area contributed by atoms with E-state index in [-0.39, 0.29) is 0 Å². The lowest BCUT2D eigenvalue weighted by Crippen LogP contribution is -1.96. The highest BCUT2D eigenvalue weighted by Crippen LogP contribution is 2.22. The lowest BCUT2D eigenvalue weighted by molar-refractivity contribution is 0.838. The van der Waals surface area contributed by atoms with Gasteiger partial charge >= 0.3 is 0 Å². The predicted molar refractivity (Wildman–Crippen MR) is 74.8 cm³/mol. The van der Waals surface area contributed by atoms with Gasteiger partial charge in [-0.05, 0) is 23.8 Å². The van der Waals surface area contributed by atoms with Crippen LogP contribution >= 0.6 is 35.6 Å². The molecule has 0 aliphatic rings. The van der Waals surface area contributed by atoms with Crippen molar-refractivity contribution in [3.63, 3.8) is 0 Å². The smallest absolute Gasteiger partial charge is 0.194 e. The molecule has 0 radical (unpaired) electrons. The molecule has 0 fully saturated rings. The van der Waals surface area contributed by atoms with Crippen LogP contribution in [-0.4, -0.2) is 14.8 Å². The molecule has 3 nitrogen and oxygen atoms in total. The molecule has 0 saturated heterocycles. The molecule has 0 atom stereocenters. The van der Waals surface area contributed by atoms with Crippen molar-refractivity contribution < 1.29 is 0 Å². The second-order valence-electron chi connectivity index (χ2n) is 3.59. The Morgan fingerprint density at radius 3 is 2.82 bits per heavy atom. The normalized spacial score (nSPS) is 10.7. The monoisotopic (exact) mass is 285 g/mol. The summed E-state index contributed by atoms with van der Waals surface area (Å²) >= 11 is 12.9. The van der Waals surface area contributed by atoms with Crippen LogP contribution in [0.2, 0.25) is 5.02 Å². The standard InChI is InChI=1S/C11H12ClN3S2/c1-15-10(13-14-11(15)16)7-17-6-8-4-2-3-5-9(8)12/h2-5H,6-7H2,1H3,(H,14,16). The van der Waals surface area contributed by atoms with Gasteiger partial charge in [-0.15, -0.1) is 11.8 Å². The third kappa shape index (κ3) is 3.12. The summed E-state index contributed by atoms with van der Waals surface area (Å²) in [6.45, 7) is 0. The summed E-state index contributed by atoms with van der Waals surface area (Å²) in [5, 5.41) is 7.75. The van der Waals surface area contributed by atoms with Gasteiger partial charge in [-0.25, -0.2) is 0 Å². The van der Waals surface area contributed by atoms with E-state index in [0.29, 0.717) is 4.77 Å². The van der Waals surface area contributed by atoms with E-state index in [1.165, 1.54) is 0 Å². The molecule has 0 spiro atoms. The molecule has 0 unspecified atom stereocenters. The van der Waals surface area contributed by atoms with E-state index in [4.69, 9.17) is 23.8 Å². The van der Waals surface area contributed by atoms with E-state index in [0.717, 1.165) is 27.9 Å². The molecule has 1 aromatic carbocycles. The number of hydrogen-bond acceptors (Lipinski definition) is 3. The van der Waals surface area contributed by atoms with Crippen LogP contribution in [0.4, 0.5) is 0 Å². The minimum absolute atomic E-state index is 0.651. The minimum Gasteiger partial charge on any atom is -0.307 e. The van der Waals surface area contributed by atoms with Crippen molar-refractivity contribution >= 4 is 35.6 Å². The van der Waals surface area contributed by atoms with E-state index in [2.05, 4.69) is 10.2 Å². The Morgan fingerprint density at radius 2 is 2.18 bits per heavy atom. The Morgan fingerprint density at radius 1 is 1.41 bits per heavy atom. The molecule has 2 rings (SSSR count). The molecule has 0 saturated carbocycles. The molecule has 90 valence electrons. The number of H-pyrrole nitrogens is 1. The van der Waals surface area contributed by atoms with Crippen molar-refractivity contribution in [2.75, 3.05) is 0 Å². The lowest BCUT2D eigenvalue weighted by atomic mass is 10.2. The van der Waals surface area contributed by atoms with Gasteiger partial charge in [0.15, 0.2) is 4.77 Å². The highest BCUT2D eigenvalue weighted by atomic mass is 35.5. The maximum absolute atomic E-state index is 6.08. The summed E-state index contributed by atoms with van der Waals surface area (Å²) in [7, 11) is 1.91. The Labute approximate surface area is 114 Å². The van der Waals surface area contributed by atoms with Crippen LogP contribution in [0.15, 0.2) is 24.3 Å². The van der Waals surface area contributed by atoms with E-state index in [1.807, 2.05) is 35.9 Å². The van der Waals surface area contributed by atoms with Gasteiger partial charge in [-0.3, -0.25) is 5.10 Å². The summed E-state index contributed by atoms with van der Waals surface area (Å²) in [6.07, 6.45) is 0. The first-order valence-corrected chi connectivity index (χ1v) is 7.04. The predicted octanol–water partition coefficient (Wildman–Crippen LogP) is 3.56. The van der Waals surface area contributed by atoms with Crippen LogP contribution in [0, 0.1) is 4.77 Å². The van der Waals surface area contributed by atoms with E-state index in [9.17, 15) is 0 Å². The Kier molecular flexibility index (Phi) is 4.25. The van der Waals surface area contributed by atoms with Crippen molar-refractivity contribution in [1.29, 1.82) is 0 Å². The fourth-order valence-corrected chi connectivity index (χ4v) is 2.82. The second-order valence-corrected chi connectivity index (χ2v) is 5.37. The number of hydrogen-bond donors (Lipinski definition) is 1. The van der Waals surface area contributed by atoms with Gasteiger partial charge in [0.25, 0.3) is 0 Å². The molecule has 2 aromatic rings. The van der Waals surface area contributed by atoms with Gasteiger partial charge in [0, 0.05) is 17.8 Å². The number of aromatic nitrogens is 3. The molecule has 0 amide bonds. The van der Waals surface area contributed by atoms with Gasteiger partial charge < -0.3 is 4.57 Å². The average molecular weight is 286 g/mol. The minimum atomic E-state index is 0.651. The molecular formula is C11H12ClN3S2. The number of rotatable bonds is 4. The van der Waals surface area contributed by atoms with Crippen molar-refractivity contribution in [1.82, 2.24) is 14.8 Å². The number of thioether (sulfide) groups is 1. The zero-order valence-electron chi connectivity index (χ0n) is 9.31. The fourth-order valence-electron chi connectivity index (χ4n) is 1.38. The zero-order chi connectivity index (χ0) is 12.3. The lowest BCUT2D eigenvalue weighted by Gasteiger charge is -2.03. The summed E-state index contributed by atoms with van der Waals surface area (Å²) in [6, 6.07) is 7.89. The molecule has 1 N–H and O–H groups in total. The van der Waals surface area contributed by atoms with Gasteiger partial charge in [-0.1, -0.05) is 29.8 Å². The third-order valence-electron chi connectivity index (χ3n) is 2.42. The number of aromatic amines is 1. The molecule has 1 aromatic heterocycles. The van der Waals surface area contributed by atoms with Crippen LogP contribution in [0.5, 0.6) is 0 Å². The van der Waals surface area contributed by atoms with E-state index < -0.39 is 0 Å². The molecule has 17 heavy (non-hydrogen) atoms. The largest absolute Gasteiger partial charge is 0.307 e. The highest BCUT2D eigenvalue weighted by Gasteiger charge is 2.03. The van der Waals surface area contributed by atoms with E-state index >= 15 is 0 Å². The third-order valence-corrected chi connectivity index (χ3v) is 4.13. The number of nitrogens with one attached hydrogen (secondary N) is 1. The number of benzene rings is 1. The van der Waals surface area contributed by atoms with Crippen LogP contribution < -0.4 is 0 Å². The first-order valence-electron chi connectivity index (χ1n) is 5.10. The Balaban J connectivity index is 1.94. The number of halogens is 1. The average Bonchev–Trinajstić information content (AvgIpc) is 2.63. The first kappa shape index (κ1) is 12.7. The summed E-state index contributed by atoms with van der Waals surface area (Å²) in [5.41, 5.74) is 1.15. The Hall–Kier alpha value is -0.780. The fraction of sp³-hybridized carbons (Fsp3) is 0.273. The van der Waals surface area contributed by atoms with Gasteiger partial charge in [0.1, 0.15) is 5.82 Å². The van der Waals surface area contributed by atoms with E-state index in [1.54, 1.807) is 11.8 Å². The Bertz CT molecular complexity index is 562. The summed E-state index contributed by atoms with van der Waals surface area (Å²) < 4.78 is 2.54. The first-order chi connectivity index (χ1) is 8.18. The van der Waals surface area contributed by atoms with Crippen LogP contribution in [-0.2, 0) is 18.6 Å². The molecule has 0 aliphatic heterocycles. The quantitative estimate of drug-likeness (QED) is 0.872. The van der Waals surface area contributed by atoms with Crippen molar-refractivity contribution in [3.8, 4) is 0 Å². The maximum atomic E-state index is 6.08. The second kappa shape index (κ2) is 5.71. The van der Waals surface area contributed by atoms with Gasteiger partial charge in [0.05, 0.1) is 5.75 Å². The van der Waals surface area contributed by atoms with Crippen molar-refractivity contribution in [3.05, 3.63) is 45.4 Å². The molecule has 0 bridgehead atoms. The zero-order valence-corrected chi connectivity index (χ0v) is 11.7. The highest BCUT2D eigenvalue weighted by molar-refractivity contribution is 7.97. The van der Waals surface area contributed by atoms with Gasteiger partial charge in [0.2, 0.25) is 0 Å². The van der Waals surface area contributed by atoms with Crippen LogP contribution in [0.1, 0.15) is 11.4 Å². The number of nitrogens with zero attached hydrogens (tertiary/aromatic N) is 2. The van der Waals surface area contributed by atoms with Crippen molar-refractivity contribution in [2.24, 2.45) is 7.05 Å². The molecule has 1 heterocycles. The van der Waals surface area contributed by atoms with Crippen LogP contribution in [0.3, 0.4) is 0 Å². The van der Waals surface area contributed by atoms with Gasteiger partial charge in [-0.2, -0.15) is 5.10 Å². The van der Waals surface area contributed by atoms with Crippen LogP contribution in [0.25, 0.3) is 0 Å². The summed E-state index contributed by atoms with van der Waals surface area (Å²) in [4.78, 5) is 0. The molecule has 0 aliphatic carbocycles. The molecule has 6 heteroatoms. The SMILES string of the molecule is Cn1c(CSCc2ccccc2Cl)n[nH]c1=S. The van der Waals surface area contributed by atoms with Crippen molar-refractivity contribution in [2.45, 2.75) is 11.5 Å². The summed E-state index contributed by atoms with van der Waals surface area (Å²) in [5.74, 6) is 2.64. The topological polar surface area (TPSA) is 33.6 Å². The molecular weight excluding hydrogens is 274 g/mol. The maximum Gasteiger partial charge on any atom is 0.194 e.